The summed E-state index contributed by atoms with van der Waals surface area (Å²) in [6.45, 7) is 0. The van der Waals surface area contributed by atoms with E-state index in [1.165, 1.54) is 12.3 Å². The Labute approximate surface area is 108 Å². The summed E-state index contributed by atoms with van der Waals surface area (Å²) >= 11 is 4.84. The molecule has 2 aromatic rings. The van der Waals surface area contributed by atoms with Crippen molar-refractivity contribution < 1.29 is 8.78 Å². The van der Waals surface area contributed by atoms with E-state index < -0.39 is 11.6 Å². The van der Waals surface area contributed by atoms with Gasteiger partial charge in [0.2, 0.25) is 0 Å². The van der Waals surface area contributed by atoms with Gasteiger partial charge in [-0.1, -0.05) is 18.3 Å². The number of nitrogens with one attached hydrogen (secondary N) is 1. The van der Waals surface area contributed by atoms with Gasteiger partial charge in [-0.2, -0.15) is 0 Å². The molecular formula is C12H9F2N3S. The predicted molar refractivity (Wildman–Crippen MR) is 69.8 cm³/mol. The van der Waals surface area contributed by atoms with Gasteiger partial charge in [-0.05, 0) is 24.3 Å². The molecule has 0 bridgehead atoms. The van der Waals surface area contributed by atoms with Crippen LogP contribution in [0.25, 0.3) is 0 Å². The lowest BCUT2D eigenvalue weighted by Gasteiger charge is -2.11. The summed E-state index contributed by atoms with van der Waals surface area (Å²) in [5.41, 5.74) is 5.65. The Morgan fingerprint density at radius 3 is 2.44 bits per heavy atom. The SMILES string of the molecule is NC(=S)c1cccnc1Nc1c(F)cccc1F. The smallest absolute Gasteiger partial charge is 0.149 e. The molecule has 92 valence electrons. The summed E-state index contributed by atoms with van der Waals surface area (Å²) in [5, 5.41) is 2.56. The minimum atomic E-state index is -0.713. The molecule has 0 aliphatic rings. The van der Waals surface area contributed by atoms with Crippen LogP contribution in [0.2, 0.25) is 0 Å². The van der Waals surface area contributed by atoms with Gasteiger partial charge in [0, 0.05) is 6.20 Å². The van der Waals surface area contributed by atoms with Crippen molar-refractivity contribution in [3.05, 3.63) is 53.7 Å². The summed E-state index contributed by atoms with van der Waals surface area (Å²) in [4.78, 5) is 4.06. The molecule has 1 heterocycles. The van der Waals surface area contributed by atoms with E-state index in [9.17, 15) is 8.78 Å². The predicted octanol–water partition coefficient (Wildman–Crippen LogP) is 2.74. The number of aromatic nitrogens is 1. The molecule has 0 amide bonds. The Hall–Kier alpha value is -2.08. The van der Waals surface area contributed by atoms with Crippen molar-refractivity contribution in [3.8, 4) is 0 Å². The first-order chi connectivity index (χ1) is 8.59. The van der Waals surface area contributed by atoms with Crippen LogP contribution in [0.3, 0.4) is 0 Å². The normalized spacial score (nSPS) is 10.1. The maximum Gasteiger partial charge on any atom is 0.149 e. The number of thiocarbonyl (C=S) groups is 1. The molecule has 0 aliphatic heterocycles. The fourth-order valence-electron chi connectivity index (χ4n) is 1.44. The summed E-state index contributed by atoms with van der Waals surface area (Å²) in [6.07, 6.45) is 1.48. The Kier molecular flexibility index (Phi) is 3.47. The van der Waals surface area contributed by atoms with Crippen molar-refractivity contribution in [1.82, 2.24) is 4.98 Å². The third-order valence-electron chi connectivity index (χ3n) is 2.28. The van der Waals surface area contributed by atoms with Crippen LogP contribution in [-0.2, 0) is 0 Å². The van der Waals surface area contributed by atoms with Gasteiger partial charge in [-0.3, -0.25) is 0 Å². The van der Waals surface area contributed by atoms with Gasteiger partial charge in [-0.15, -0.1) is 0 Å². The number of benzene rings is 1. The number of para-hydroxylation sites is 1. The summed E-state index contributed by atoms with van der Waals surface area (Å²) < 4.78 is 26.9. The third kappa shape index (κ3) is 2.43. The zero-order chi connectivity index (χ0) is 13.1. The van der Waals surface area contributed by atoms with E-state index in [0.29, 0.717) is 5.56 Å². The maximum absolute atomic E-state index is 13.5. The second kappa shape index (κ2) is 5.05. The molecule has 3 N–H and O–H groups in total. The number of halogens is 2. The van der Waals surface area contributed by atoms with E-state index in [1.54, 1.807) is 12.1 Å². The van der Waals surface area contributed by atoms with Crippen molar-refractivity contribution in [2.24, 2.45) is 5.73 Å². The van der Waals surface area contributed by atoms with Crippen molar-refractivity contribution in [3.63, 3.8) is 0 Å². The lowest BCUT2D eigenvalue weighted by atomic mass is 10.2. The van der Waals surface area contributed by atoms with Crippen LogP contribution in [0.5, 0.6) is 0 Å². The van der Waals surface area contributed by atoms with Crippen LogP contribution in [0, 0.1) is 11.6 Å². The van der Waals surface area contributed by atoms with Gasteiger partial charge in [0.15, 0.2) is 0 Å². The second-order valence-electron chi connectivity index (χ2n) is 3.49. The molecular weight excluding hydrogens is 256 g/mol. The molecule has 0 fully saturated rings. The summed E-state index contributed by atoms with van der Waals surface area (Å²) in [5.74, 6) is -1.21. The fraction of sp³-hybridized carbons (Fsp3) is 0. The standard InChI is InChI=1S/C12H9F2N3S/c13-8-4-1-5-9(14)10(8)17-12-7(11(15)18)3-2-6-16-12/h1-6H,(H2,15,18)(H,16,17). The van der Waals surface area contributed by atoms with Crippen LogP contribution in [0.15, 0.2) is 36.5 Å². The van der Waals surface area contributed by atoms with Gasteiger partial charge in [0.1, 0.15) is 28.1 Å². The zero-order valence-corrected chi connectivity index (χ0v) is 9.97. The minimum Gasteiger partial charge on any atom is -0.389 e. The Morgan fingerprint density at radius 2 is 1.83 bits per heavy atom. The maximum atomic E-state index is 13.5. The van der Waals surface area contributed by atoms with Crippen LogP contribution in [0.1, 0.15) is 5.56 Å². The molecule has 0 radical (unpaired) electrons. The molecule has 0 spiro atoms. The number of nitrogens with two attached hydrogens (primary N) is 1. The minimum absolute atomic E-state index is 0.0994. The van der Waals surface area contributed by atoms with Crippen LogP contribution in [0.4, 0.5) is 20.3 Å². The molecule has 0 unspecified atom stereocenters. The fourth-order valence-corrected chi connectivity index (χ4v) is 1.60. The quantitative estimate of drug-likeness (QED) is 0.838. The first-order valence-electron chi connectivity index (χ1n) is 5.05. The Bertz CT molecular complexity index is 581. The lowest BCUT2D eigenvalue weighted by Crippen LogP contribution is -2.13. The highest BCUT2D eigenvalue weighted by Gasteiger charge is 2.12. The van der Waals surface area contributed by atoms with Crippen molar-refractivity contribution in [2.75, 3.05) is 5.32 Å². The Morgan fingerprint density at radius 1 is 1.17 bits per heavy atom. The van der Waals surface area contributed by atoms with E-state index in [4.69, 9.17) is 18.0 Å². The van der Waals surface area contributed by atoms with E-state index in [-0.39, 0.29) is 16.5 Å². The largest absolute Gasteiger partial charge is 0.389 e. The molecule has 2 rings (SSSR count). The van der Waals surface area contributed by atoms with E-state index in [1.807, 2.05) is 0 Å². The van der Waals surface area contributed by atoms with Crippen LogP contribution >= 0.6 is 12.2 Å². The van der Waals surface area contributed by atoms with Gasteiger partial charge < -0.3 is 11.1 Å². The molecule has 1 aromatic carbocycles. The number of nitrogens with zero attached hydrogens (tertiary/aromatic N) is 1. The average molecular weight is 265 g/mol. The first-order valence-corrected chi connectivity index (χ1v) is 5.46. The van der Waals surface area contributed by atoms with Crippen molar-refractivity contribution >= 4 is 28.7 Å². The molecule has 0 saturated heterocycles. The van der Waals surface area contributed by atoms with Gasteiger partial charge in [0.25, 0.3) is 0 Å². The number of hydrogen-bond donors (Lipinski definition) is 2. The van der Waals surface area contributed by atoms with E-state index in [2.05, 4.69) is 10.3 Å². The van der Waals surface area contributed by atoms with Crippen LogP contribution in [-0.4, -0.2) is 9.97 Å². The lowest BCUT2D eigenvalue weighted by molar-refractivity contribution is 0.590. The molecule has 0 saturated carbocycles. The van der Waals surface area contributed by atoms with Gasteiger partial charge in [0.05, 0.1) is 5.56 Å². The number of pyridine rings is 1. The number of anilines is 2. The average Bonchev–Trinajstić information content (AvgIpc) is 2.34. The van der Waals surface area contributed by atoms with Gasteiger partial charge in [-0.25, -0.2) is 13.8 Å². The summed E-state index contributed by atoms with van der Waals surface area (Å²) in [7, 11) is 0. The van der Waals surface area contributed by atoms with E-state index >= 15 is 0 Å². The topological polar surface area (TPSA) is 50.9 Å². The highest BCUT2D eigenvalue weighted by Crippen LogP contribution is 2.23. The van der Waals surface area contributed by atoms with Crippen molar-refractivity contribution in [1.29, 1.82) is 0 Å². The molecule has 6 heteroatoms. The second-order valence-corrected chi connectivity index (χ2v) is 3.93. The van der Waals surface area contributed by atoms with Crippen molar-refractivity contribution in [2.45, 2.75) is 0 Å². The highest BCUT2D eigenvalue weighted by molar-refractivity contribution is 7.80. The van der Waals surface area contributed by atoms with Gasteiger partial charge >= 0.3 is 0 Å². The molecule has 18 heavy (non-hydrogen) atoms. The molecule has 3 nitrogen and oxygen atoms in total. The molecule has 1 aromatic heterocycles. The number of hydrogen-bond acceptors (Lipinski definition) is 3. The summed E-state index contributed by atoms with van der Waals surface area (Å²) in [6, 6.07) is 6.83. The zero-order valence-electron chi connectivity index (χ0n) is 9.15. The van der Waals surface area contributed by atoms with E-state index in [0.717, 1.165) is 12.1 Å². The Balaban J connectivity index is 2.43. The third-order valence-corrected chi connectivity index (χ3v) is 2.50. The molecule has 0 aliphatic carbocycles. The highest BCUT2D eigenvalue weighted by atomic mass is 32.1. The van der Waals surface area contributed by atoms with Crippen LogP contribution < -0.4 is 11.1 Å². The first kappa shape index (κ1) is 12.4. The number of rotatable bonds is 3. The molecule has 0 atom stereocenters. The monoisotopic (exact) mass is 265 g/mol.